The van der Waals surface area contributed by atoms with E-state index < -0.39 is 18.1 Å². The summed E-state index contributed by atoms with van der Waals surface area (Å²) in [7, 11) is 7.22. The van der Waals surface area contributed by atoms with Crippen LogP contribution < -0.4 is 28.6 Å². The van der Waals surface area contributed by atoms with Gasteiger partial charge in [0.2, 0.25) is 12.0 Å². The first-order valence-electron chi connectivity index (χ1n) is 8.64. The van der Waals surface area contributed by atoms with E-state index in [0.29, 0.717) is 11.3 Å². The number of anilines is 1. The number of carbonyl (C=O) groups excluding carboxylic acids is 2. The molecule has 2 aromatic carbocycles. The van der Waals surface area contributed by atoms with Gasteiger partial charge in [-0.05, 0) is 12.1 Å². The van der Waals surface area contributed by atoms with Gasteiger partial charge in [-0.3, -0.25) is 9.69 Å². The molecule has 2 aliphatic heterocycles. The summed E-state index contributed by atoms with van der Waals surface area (Å²) < 4.78 is 32.6. The average Bonchev–Trinajstić information content (AvgIpc) is 3.03. The maximum Gasteiger partial charge on any atom is 0.342 e. The van der Waals surface area contributed by atoms with Crippen molar-refractivity contribution in [2.24, 2.45) is 0 Å². The van der Waals surface area contributed by atoms with Crippen molar-refractivity contribution in [3.8, 4) is 28.7 Å². The number of carbonyl (C=O) groups is 2. The van der Waals surface area contributed by atoms with Gasteiger partial charge in [0, 0.05) is 11.6 Å². The molecule has 0 spiro atoms. The molecule has 0 saturated heterocycles. The summed E-state index contributed by atoms with van der Waals surface area (Å²) >= 11 is 0. The van der Waals surface area contributed by atoms with E-state index in [1.165, 1.54) is 46.5 Å². The van der Waals surface area contributed by atoms with E-state index >= 15 is 0 Å². The summed E-state index contributed by atoms with van der Waals surface area (Å²) in [6.45, 7) is 0. The number of benzene rings is 2. The summed E-state index contributed by atoms with van der Waals surface area (Å²) in [5.74, 6) is 0.357. The lowest BCUT2D eigenvalue weighted by Gasteiger charge is -2.33. The number of methoxy groups -OCH3 is 5. The van der Waals surface area contributed by atoms with Gasteiger partial charge in [-0.2, -0.15) is 0 Å². The monoisotopic (exact) mass is 401 g/mol. The number of hydrogen-bond acceptors (Lipinski definition) is 8. The van der Waals surface area contributed by atoms with Crippen molar-refractivity contribution >= 4 is 17.6 Å². The molecule has 2 aliphatic rings. The molecule has 1 amide bonds. The number of amides is 1. The van der Waals surface area contributed by atoms with Crippen LogP contribution in [0.25, 0.3) is 0 Å². The second-order valence-corrected chi connectivity index (χ2v) is 6.24. The highest BCUT2D eigenvalue weighted by Crippen LogP contribution is 2.55. The van der Waals surface area contributed by atoms with Crippen LogP contribution in [-0.4, -0.2) is 47.4 Å². The fourth-order valence-electron chi connectivity index (χ4n) is 3.77. The summed E-state index contributed by atoms with van der Waals surface area (Å²) in [4.78, 5) is 27.6. The van der Waals surface area contributed by atoms with Crippen molar-refractivity contribution in [1.29, 1.82) is 0 Å². The van der Waals surface area contributed by atoms with Crippen molar-refractivity contribution < 1.29 is 38.0 Å². The molecule has 2 aromatic rings. The van der Waals surface area contributed by atoms with Crippen molar-refractivity contribution in [3.63, 3.8) is 0 Å². The zero-order valence-electron chi connectivity index (χ0n) is 16.5. The van der Waals surface area contributed by atoms with E-state index in [1.54, 1.807) is 12.1 Å². The molecule has 9 heteroatoms. The van der Waals surface area contributed by atoms with Crippen LogP contribution >= 0.6 is 0 Å². The maximum absolute atomic E-state index is 13.4. The average molecular weight is 401 g/mol. The third-order valence-corrected chi connectivity index (χ3v) is 4.99. The van der Waals surface area contributed by atoms with Crippen LogP contribution in [0.4, 0.5) is 5.69 Å². The van der Waals surface area contributed by atoms with Crippen LogP contribution in [0, 0.1) is 0 Å². The Morgan fingerprint density at radius 1 is 0.828 bits per heavy atom. The quantitative estimate of drug-likeness (QED) is 0.706. The summed E-state index contributed by atoms with van der Waals surface area (Å²) in [5.41, 5.74) is 1.12. The number of esters is 1. The van der Waals surface area contributed by atoms with Gasteiger partial charge in [-0.1, -0.05) is 0 Å². The fraction of sp³-hybridized carbons (Fsp3) is 0.300. The van der Waals surface area contributed by atoms with E-state index in [2.05, 4.69) is 0 Å². The Labute approximate surface area is 166 Å². The van der Waals surface area contributed by atoms with Crippen molar-refractivity contribution in [2.45, 2.75) is 6.23 Å². The van der Waals surface area contributed by atoms with Crippen LogP contribution in [0.15, 0.2) is 18.2 Å². The largest absolute Gasteiger partial charge is 0.493 e. The Morgan fingerprint density at radius 3 is 2.07 bits per heavy atom. The topological polar surface area (TPSA) is 92.8 Å². The SMILES string of the molecule is COc1cc2c(c(OC)c1OC)N1C(=O)c3c(ccc(OC)c3OC)[C@H]1OC2=O. The molecular formula is C20H19NO8. The Morgan fingerprint density at radius 2 is 1.48 bits per heavy atom. The van der Waals surface area contributed by atoms with Crippen molar-refractivity contribution in [1.82, 2.24) is 0 Å². The Bertz CT molecular complexity index is 1030. The van der Waals surface area contributed by atoms with Crippen LogP contribution in [-0.2, 0) is 4.74 Å². The van der Waals surface area contributed by atoms with Gasteiger partial charge >= 0.3 is 5.97 Å². The molecule has 0 bridgehead atoms. The third-order valence-electron chi connectivity index (χ3n) is 4.99. The molecule has 9 nitrogen and oxygen atoms in total. The van der Waals surface area contributed by atoms with Crippen molar-refractivity contribution in [3.05, 3.63) is 34.9 Å². The smallest absolute Gasteiger partial charge is 0.342 e. The fourth-order valence-corrected chi connectivity index (χ4v) is 3.77. The zero-order chi connectivity index (χ0) is 20.9. The van der Waals surface area contributed by atoms with Crippen LogP contribution in [0.1, 0.15) is 32.5 Å². The molecule has 0 fully saturated rings. The highest BCUT2D eigenvalue weighted by atomic mass is 16.6. The predicted octanol–water partition coefficient (Wildman–Crippen LogP) is 2.56. The van der Waals surface area contributed by atoms with E-state index in [9.17, 15) is 9.59 Å². The second kappa shape index (κ2) is 6.77. The molecule has 0 radical (unpaired) electrons. The molecule has 2 heterocycles. The molecular weight excluding hydrogens is 382 g/mol. The first-order valence-corrected chi connectivity index (χ1v) is 8.64. The standard InChI is InChI=1S/C20H19NO8/c1-24-11-7-6-9-13(15(11)26-3)18(22)21-14-10(20(23)29-19(9)21)8-12(25-2)16(27-4)17(14)28-5/h6-8,19H,1-5H3/t19-/m1/s1. The predicted molar refractivity (Wildman–Crippen MR) is 101 cm³/mol. The number of rotatable bonds is 5. The number of nitrogens with zero attached hydrogens (tertiary/aromatic N) is 1. The second-order valence-electron chi connectivity index (χ2n) is 6.24. The zero-order valence-corrected chi connectivity index (χ0v) is 16.5. The summed E-state index contributed by atoms with van der Waals surface area (Å²) in [5, 5.41) is 0. The van der Waals surface area contributed by atoms with E-state index in [0.717, 1.165) is 0 Å². The van der Waals surface area contributed by atoms with Gasteiger partial charge < -0.3 is 28.4 Å². The first kappa shape index (κ1) is 18.7. The first-order chi connectivity index (χ1) is 14.0. The Balaban J connectivity index is 2.00. The lowest BCUT2D eigenvalue weighted by atomic mass is 10.1. The minimum absolute atomic E-state index is 0.128. The highest BCUT2D eigenvalue weighted by molar-refractivity contribution is 6.18. The Kier molecular flexibility index (Phi) is 4.37. The number of hydrogen-bond donors (Lipinski definition) is 0. The number of ether oxygens (including phenoxy) is 6. The molecule has 29 heavy (non-hydrogen) atoms. The lowest BCUT2D eigenvalue weighted by Crippen LogP contribution is -2.36. The van der Waals surface area contributed by atoms with Crippen LogP contribution in [0.2, 0.25) is 0 Å². The summed E-state index contributed by atoms with van der Waals surface area (Å²) in [6, 6.07) is 4.79. The van der Waals surface area contributed by atoms with Gasteiger partial charge in [0.1, 0.15) is 5.69 Å². The lowest BCUT2D eigenvalue weighted by molar-refractivity contribution is 0.0270. The van der Waals surface area contributed by atoms with E-state index in [4.69, 9.17) is 28.4 Å². The molecule has 1 atom stereocenters. The normalized spacial score (nSPS) is 16.4. The molecule has 0 saturated carbocycles. The van der Waals surface area contributed by atoms with Crippen molar-refractivity contribution in [2.75, 3.05) is 40.4 Å². The van der Waals surface area contributed by atoms with Gasteiger partial charge in [0.05, 0.1) is 46.7 Å². The Hall–Kier alpha value is -3.62. The maximum atomic E-state index is 13.4. The molecule has 4 rings (SSSR count). The molecule has 0 aromatic heterocycles. The summed E-state index contributed by atoms with van der Waals surface area (Å²) in [6.07, 6.45) is -0.968. The van der Waals surface area contributed by atoms with Gasteiger partial charge in [-0.25, -0.2) is 4.79 Å². The molecule has 0 aliphatic carbocycles. The molecule has 0 N–H and O–H groups in total. The van der Waals surface area contributed by atoms with E-state index in [-0.39, 0.29) is 39.8 Å². The number of fused-ring (bicyclic) bond motifs is 5. The minimum Gasteiger partial charge on any atom is -0.493 e. The van der Waals surface area contributed by atoms with Crippen LogP contribution in [0.5, 0.6) is 28.7 Å². The minimum atomic E-state index is -0.968. The van der Waals surface area contributed by atoms with E-state index in [1.807, 2.05) is 0 Å². The van der Waals surface area contributed by atoms with Gasteiger partial charge in [0.25, 0.3) is 5.91 Å². The van der Waals surface area contributed by atoms with Crippen LogP contribution in [0.3, 0.4) is 0 Å². The third kappa shape index (κ3) is 2.40. The molecule has 152 valence electrons. The van der Waals surface area contributed by atoms with Gasteiger partial charge in [-0.15, -0.1) is 0 Å². The molecule has 0 unspecified atom stereocenters. The highest BCUT2D eigenvalue weighted by Gasteiger charge is 2.49. The van der Waals surface area contributed by atoms with Gasteiger partial charge in [0.15, 0.2) is 23.0 Å².